The van der Waals surface area contributed by atoms with Crippen molar-refractivity contribution in [2.45, 2.75) is 77.8 Å². The largest absolute Gasteiger partial charge is 0.350 e. The molecule has 0 aliphatic heterocycles. The van der Waals surface area contributed by atoms with Crippen LogP contribution >= 0.6 is 0 Å². The van der Waals surface area contributed by atoms with Crippen LogP contribution in [0.3, 0.4) is 0 Å². The van der Waals surface area contributed by atoms with E-state index in [0.717, 1.165) is 37.7 Å². The molecule has 1 N–H and O–H groups in total. The molecule has 1 aliphatic carbocycles. The van der Waals surface area contributed by atoms with Gasteiger partial charge in [-0.05, 0) is 38.7 Å². The first-order valence-corrected chi connectivity index (χ1v) is 10.2. The normalized spacial score (nSPS) is 17.3. The number of hydrogen-bond donors (Lipinski definition) is 1. The maximum Gasteiger partial charge on any atom is 0.225 e. The molecular weight excluding hydrogens is 324 g/mol. The quantitative estimate of drug-likeness (QED) is 0.746. The maximum absolute atomic E-state index is 12.9. The van der Waals surface area contributed by atoms with Crippen molar-refractivity contribution in [3.05, 3.63) is 35.9 Å². The molecule has 2 amide bonds. The van der Waals surface area contributed by atoms with E-state index in [-0.39, 0.29) is 29.8 Å². The minimum Gasteiger partial charge on any atom is -0.350 e. The summed E-state index contributed by atoms with van der Waals surface area (Å²) in [6.45, 7) is 6.69. The van der Waals surface area contributed by atoms with E-state index in [2.05, 4.69) is 19.2 Å². The van der Waals surface area contributed by atoms with E-state index < -0.39 is 0 Å². The van der Waals surface area contributed by atoms with Gasteiger partial charge in [0.1, 0.15) is 0 Å². The molecule has 0 bridgehead atoms. The van der Waals surface area contributed by atoms with E-state index in [4.69, 9.17) is 0 Å². The van der Waals surface area contributed by atoms with Crippen molar-refractivity contribution in [1.82, 2.24) is 10.2 Å². The second kappa shape index (κ2) is 10.3. The fourth-order valence-corrected chi connectivity index (χ4v) is 3.71. The van der Waals surface area contributed by atoms with Crippen molar-refractivity contribution in [2.75, 3.05) is 6.54 Å². The summed E-state index contributed by atoms with van der Waals surface area (Å²) in [5.41, 5.74) is 1.10. The lowest BCUT2D eigenvalue weighted by Crippen LogP contribution is -2.44. The van der Waals surface area contributed by atoms with Gasteiger partial charge < -0.3 is 10.2 Å². The smallest absolute Gasteiger partial charge is 0.225 e. The Labute approximate surface area is 158 Å². The topological polar surface area (TPSA) is 49.4 Å². The lowest BCUT2D eigenvalue weighted by Gasteiger charge is -2.33. The van der Waals surface area contributed by atoms with E-state index in [1.165, 1.54) is 6.42 Å². The van der Waals surface area contributed by atoms with Crippen LogP contribution in [0.4, 0.5) is 0 Å². The summed E-state index contributed by atoms with van der Waals surface area (Å²) in [4.78, 5) is 27.3. The number of rotatable bonds is 8. The fourth-order valence-electron chi connectivity index (χ4n) is 3.71. The van der Waals surface area contributed by atoms with E-state index in [1.807, 2.05) is 42.2 Å². The summed E-state index contributed by atoms with van der Waals surface area (Å²) in [5.74, 6) is 0.415. The molecule has 0 aromatic heterocycles. The number of carbonyl (C=O) groups excluding carboxylic acids is 2. The van der Waals surface area contributed by atoms with Gasteiger partial charge in [-0.3, -0.25) is 9.59 Å². The summed E-state index contributed by atoms with van der Waals surface area (Å²) in [6.07, 6.45) is 6.83. The van der Waals surface area contributed by atoms with Gasteiger partial charge >= 0.3 is 0 Å². The summed E-state index contributed by atoms with van der Waals surface area (Å²) in [6, 6.07) is 10.1. The Morgan fingerprint density at radius 2 is 1.77 bits per heavy atom. The SMILES string of the molecule is CCC(C)N(CCC(=O)NC(C)c1ccccc1)C(=O)C1CCCCC1. The zero-order valence-electron chi connectivity index (χ0n) is 16.5. The number of benzene rings is 1. The molecule has 0 spiro atoms. The van der Waals surface area contributed by atoms with Crippen LogP contribution in [-0.4, -0.2) is 29.3 Å². The van der Waals surface area contributed by atoms with Gasteiger partial charge in [0.15, 0.2) is 0 Å². The third kappa shape index (κ3) is 5.86. The summed E-state index contributed by atoms with van der Waals surface area (Å²) in [5, 5.41) is 3.05. The van der Waals surface area contributed by atoms with E-state index in [9.17, 15) is 9.59 Å². The highest BCUT2D eigenvalue weighted by atomic mass is 16.2. The number of hydrogen-bond acceptors (Lipinski definition) is 2. The third-order valence-electron chi connectivity index (χ3n) is 5.62. The molecule has 0 saturated heterocycles. The first-order chi connectivity index (χ1) is 12.5. The number of nitrogens with one attached hydrogen (secondary N) is 1. The zero-order chi connectivity index (χ0) is 18.9. The van der Waals surface area contributed by atoms with Crippen molar-refractivity contribution >= 4 is 11.8 Å². The minimum atomic E-state index is -0.0187. The zero-order valence-corrected chi connectivity index (χ0v) is 16.5. The number of amides is 2. The van der Waals surface area contributed by atoms with Crippen molar-refractivity contribution in [3.8, 4) is 0 Å². The van der Waals surface area contributed by atoms with E-state index in [0.29, 0.717) is 13.0 Å². The molecule has 1 aliphatic rings. The third-order valence-corrected chi connectivity index (χ3v) is 5.62. The standard InChI is InChI=1S/C22H34N2O2/c1-4-17(2)24(22(26)20-13-9-6-10-14-20)16-15-21(25)23-18(3)19-11-7-5-8-12-19/h5,7-8,11-12,17-18,20H,4,6,9-10,13-16H2,1-3H3,(H,23,25). The molecule has 1 saturated carbocycles. The molecular formula is C22H34N2O2. The predicted octanol–water partition coefficient (Wildman–Crippen LogP) is 4.46. The molecule has 0 radical (unpaired) electrons. The Morgan fingerprint density at radius 3 is 2.38 bits per heavy atom. The molecule has 2 unspecified atom stereocenters. The van der Waals surface area contributed by atoms with Gasteiger partial charge in [0.25, 0.3) is 0 Å². The van der Waals surface area contributed by atoms with Crippen molar-refractivity contribution in [1.29, 1.82) is 0 Å². The van der Waals surface area contributed by atoms with Gasteiger partial charge in [0, 0.05) is 24.9 Å². The molecule has 26 heavy (non-hydrogen) atoms. The Balaban J connectivity index is 1.89. The molecule has 1 aromatic carbocycles. The van der Waals surface area contributed by atoms with Crippen LogP contribution in [0, 0.1) is 5.92 Å². The summed E-state index contributed by atoms with van der Waals surface area (Å²) < 4.78 is 0. The van der Waals surface area contributed by atoms with Crippen LogP contribution in [0.5, 0.6) is 0 Å². The molecule has 144 valence electrons. The molecule has 4 heteroatoms. The van der Waals surface area contributed by atoms with Crippen LogP contribution in [0.1, 0.15) is 77.3 Å². The van der Waals surface area contributed by atoms with Crippen molar-refractivity contribution < 1.29 is 9.59 Å². The minimum absolute atomic E-state index is 0.00565. The van der Waals surface area contributed by atoms with Crippen LogP contribution in [-0.2, 0) is 9.59 Å². The Morgan fingerprint density at radius 1 is 1.12 bits per heavy atom. The molecule has 1 fully saturated rings. The van der Waals surface area contributed by atoms with Gasteiger partial charge in [-0.2, -0.15) is 0 Å². The monoisotopic (exact) mass is 358 g/mol. The van der Waals surface area contributed by atoms with E-state index >= 15 is 0 Å². The lowest BCUT2D eigenvalue weighted by molar-refractivity contribution is -0.139. The fraction of sp³-hybridized carbons (Fsp3) is 0.636. The highest BCUT2D eigenvalue weighted by Gasteiger charge is 2.28. The second-order valence-corrected chi connectivity index (χ2v) is 7.57. The maximum atomic E-state index is 12.9. The summed E-state index contributed by atoms with van der Waals surface area (Å²) >= 11 is 0. The molecule has 4 nitrogen and oxygen atoms in total. The molecule has 2 rings (SSSR count). The Kier molecular flexibility index (Phi) is 8.14. The van der Waals surface area contributed by atoms with Crippen molar-refractivity contribution in [2.24, 2.45) is 5.92 Å². The first-order valence-electron chi connectivity index (χ1n) is 10.2. The van der Waals surface area contributed by atoms with Crippen LogP contribution in [0.15, 0.2) is 30.3 Å². The second-order valence-electron chi connectivity index (χ2n) is 7.57. The average molecular weight is 359 g/mol. The van der Waals surface area contributed by atoms with Crippen LogP contribution in [0.25, 0.3) is 0 Å². The number of nitrogens with zero attached hydrogens (tertiary/aromatic N) is 1. The van der Waals surface area contributed by atoms with Gasteiger partial charge in [0.2, 0.25) is 11.8 Å². The van der Waals surface area contributed by atoms with Gasteiger partial charge in [-0.25, -0.2) is 0 Å². The van der Waals surface area contributed by atoms with Crippen LogP contribution < -0.4 is 5.32 Å². The van der Waals surface area contributed by atoms with Crippen molar-refractivity contribution in [3.63, 3.8) is 0 Å². The average Bonchev–Trinajstić information content (AvgIpc) is 2.69. The van der Waals surface area contributed by atoms with E-state index in [1.54, 1.807) is 0 Å². The Bertz CT molecular complexity index is 567. The number of carbonyl (C=O) groups is 2. The van der Waals surface area contributed by atoms with Gasteiger partial charge in [-0.1, -0.05) is 56.5 Å². The molecule has 0 heterocycles. The highest BCUT2D eigenvalue weighted by Crippen LogP contribution is 2.26. The highest BCUT2D eigenvalue weighted by molar-refractivity contribution is 5.81. The van der Waals surface area contributed by atoms with Gasteiger partial charge in [-0.15, -0.1) is 0 Å². The molecule has 1 aromatic rings. The van der Waals surface area contributed by atoms with Crippen LogP contribution in [0.2, 0.25) is 0 Å². The lowest BCUT2D eigenvalue weighted by atomic mass is 9.88. The molecule has 2 atom stereocenters. The van der Waals surface area contributed by atoms with Gasteiger partial charge in [0.05, 0.1) is 6.04 Å². The summed E-state index contributed by atoms with van der Waals surface area (Å²) in [7, 11) is 0. The predicted molar refractivity (Wildman–Crippen MR) is 106 cm³/mol. The first kappa shape index (κ1) is 20.5. The Hall–Kier alpha value is -1.84.